The van der Waals surface area contributed by atoms with Crippen molar-refractivity contribution in [3.8, 4) is 0 Å². The van der Waals surface area contributed by atoms with E-state index in [1.54, 1.807) is 31.2 Å². The van der Waals surface area contributed by atoms with Crippen molar-refractivity contribution in [1.29, 1.82) is 0 Å². The first kappa shape index (κ1) is 15.7. The van der Waals surface area contributed by atoms with Crippen molar-refractivity contribution in [2.75, 3.05) is 13.1 Å². The molecule has 23 heavy (non-hydrogen) atoms. The minimum Gasteiger partial charge on any atom is -0.480 e. The van der Waals surface area contributed by atoms with Gasteiger partial charge in [-0.2, -0.15) is 0 Å². The quantitative estimate of drug-likeness (QED) is 0.773. The van der Waals surface area contributed by atoms with Gasteiger partial charge < -0.3 is 5.11 Å². The Hall–Kier alpha value is -2.21. The second kappa shape index (κ2) is 6.12. The predicted octanol–water partition coefficient (Wildman–Crippen LogP) is 1.61. The third-order valence-electron chi connectivity index (χ3n) is 4.55. The molecule has 2 aliphatic rings. The molecule has 1 unspecified atom stereocenters. The van der Waals surface area contributed by atoms with E-state index in [0.29, 0.717) is 36.7 Å². The summed E-state index contributed by atoms with van der Waals surface area (Å²) in [6.07, 6.45) is 2.62. The van der Waals surface area contributed by atoms with Crippen LogP contribution in [0.3, 0.4) is 0 Å². The van der Waals surface area contributed by atoms with Crippen LogP contribution in [0.1, 0.15) is 46.9 Å². The molecule has 6 heteroatoms. The normalized spacial score (nSPS) is 18.4. The van der Waals surface area contributed by atoms with Gasteiger partial charge in [0, 0.05) is 19.1 Å². The molecule has 0 aromatic heterocycles. The molecule has 1 aromatic carbocycles. The van der Waals surface area contributed by atoms with E-state index < -0.39 is 12.0 Å². The lowest BCUT2D eigenvalue weighted by Gasteiger charge is -2.26. The Morgan fingerprint density at radius 3 is 2.30 bits per heavy atom. The zero-order valence-corrected chi connectivity index (χ0v) is 13.1. The molecule has 1 saturated carbocycles. The van der Waals surface area contributed by atoms with Crippen LogP contribution in [0.5, 0.6) is 0 Å². The maximum Gasteiger partial charge on any atom is 0.320 e. The number of rotatable bonds is 7. The van der Waals surface area contributed by atoms with Crippen molar-refractivity contribution in [3.05, 3.63) is 35.4 Å². The molecule has 0 bridgehead atoms. The fourth-order valence-electron chi connectivity index (χ4n) is 3.09. The van der Waals surface area contributed by atoms with Crippen molar-refractivity contribution in [2.24, 2.45) is 0 Å². The number of fused-ring (bicyclic) bond motifs is 1. The van der Waals surface area contributed by atoms with Gasteiger partial charge in [-0.25, -0.2) is 0 Å². The second-order valence-electron chi connectivity index (χ2n) is 6.14. The Bertz CT molecular complexity index is 619. The average Bonchev–Trinajstić information content (AvgIpc) is 3.34. The fourth-order valence-corrected chi connectivity index (χ4v) is 3.09. The SMILES string of the molecule is CC(C(=O)O)N(CCCN1C(=O)c2ccccc2C1=O)C1CC1. The molecule has 1 heterocycles. The summed E-state index contributed by atoms with van der Waals surface area (Å²) >= 11 is 0. The zero-order chi connectivity index (χ0) is 16.6. The minimum absolute atomic E-state index is 0.255. The number of nitrogens with zero attached hydrogens (tertiary/aromatic N) is 2. The van der Waals surface area contributed by atoms with Gasteiger partial charge in [0.25, 0.3) is 11.8 Å². The molecule has 0 saturated heterocycles. The van der Waals surface area contributed by atoms with Crippen LogP contribution in [0.25, 0.3) is 0 Å². The number of hydrogen-bond acceptors (Lipinski definition) is 4. The first-order valence-corrected chi connectivity index (χ1v) is 7.94. The number of carbonyl (C=O) groups is 3. The number of carboxylic acids is 1. The van der Waals surface area contributed by atoms with E-state index >= 15 is 0 Å². The average molecular weight is 316 g/mol. The molecule has 1 atom stereocenters. The third-order valence-corrected chi connectivity index (χ3v) is 4.55. The van der Waals surface area contributed by atoms with E-state index in [0.717, 1.165) is 12.8 Å². The highest BCUT2D eigenvalue weighted by Crippen LogP contribution is 2.29. The van der Waals surface area contributed by atoms with Crippen LogP contribution in [-0.4, -0.2) is 57.9 Å². The summed E-state index contributed by atoms with van der Waals surface area (Å²) in [7, 11) is 0. The molecule has 0 spiro atoms. The second-order valence-corrected chi connectivity index (χ2v) is 6.14. The molecule has 6 nitrogen and oxygen atoms in total. The van der Waals surface area contributed by atoms with Gasteiger partial charge in [-0.15, -0.1) is 0 Å². The lowest BCUT2D eigenvalue weighted by molar-refractivity contribution is -0.142. The highest BCUT2D eigenvalue weighted by atomic mass is 16.4. The summed E-state index contributed by atoms with van der Waals surface area (Å²) in [5.74, 6) is -1.35. The number of carboxylic acid groups (broad SMARTS) is 1. The molecule has 1 fully saturated rings. The van der Waals surface area contributed by atoms with Crippen molar-refractivity contribution in [1.82, 2.24) is 9.80 Å². The fraction of sp³-hybridized carbons (Fsp3) is 0.471. The van der Waals surface area contributed by atoms with Gasteiger partial charge in [-0.1, -0.05) is 12.1 Å². The van der Waals surface area contributed by atoms with Crippen molar-refractivity contribution < 1.29 is 19.5 Å². The molecule has 122 valence electrons. The monoisotopic (exact) mass is 316 g/mol. The van der Waals surface area contributed by atoms with Crippen molar-refractivity contribution >= 4 is 17.8 Å². The van der Waals surface area contributed by atoms with Gasteiger partial charge in [0.1, 0.15) is 6.04 Å². The lowest BCUT2D eigenvalue weighted by Crippen LogP contribution is -2.42. The highest BCUT2D eigenvalue weighted by Gasteiger charge is 2.37. The van der Waals surface area contributed by atoms with Crippen LogP contribution in [-0.2, 0) is 4.79 Å². The number of carbonyl (C=O) groups excluding carboxylic acids is 2. The van der Waals surface area contributed by atoms with Gasteiger partial charge in [0.15, 0.2) is 0 Å². The van der Waals surface area contributed by atoms with Crippen LogP contribution in [0, 0.1) is 0 Å². The van der Waals surface area contributed by atoms with Crippen molar-refractivity contribution in [3.63, 3.8) is 0 Å². The number of aliphatic carboxylic acids is 1. The van der Waals surface area contributed by atoms with E-state index in [1.165, 1.54) is 4.90 Å². The minimum atomic E-state index is -0.836. The van der Waals surface area contributed by atoms with Gasteiger partial charge in [0.05, 0.1) is 11.1 Å². The van der Waals surface area contributed by atoms with Crippen LogP contribution in [0.4, 0.5) is 0 Å². The summed E-state index contributed by atoms with van der Waals surface area (Å²) < 4.78 is 0. The third kappa shape index (κ3) is 2.99. The van der Waals surface area contributed by atoms with Crippen molar-refractivity contribution in [2.45, 2.75) is 38.3 Å². The van der Waals surface area contributed by atoms with Gasteiger partial charge in [-0.3, -0.25) is 24.2 Å². The molecule has 1 aromatic rings. The van der Waals surface area contributed by atoms with E-state index in [1.807, 2.05) is 4.90 Å². The molecule has 1 aliphatic heterocycles. The van der Waals surface area contributed by atoms with Crippen LogP contribution in [0.2, 0.25) is 0 Å². The van der Waals surface area contributed by atoms with Crippen LogP contribution in [0.15, 0.2) is 24.3 Å². The van der Waals surface area contributed by atoms with Gasteiger partial charge in [0.2, 0.25) is 0 Å². The highest BCUT2D eigenvalue weighted by molar-refractivity contribution is 6.21. The van der Waals surface area contributed by atoms with E-state index in [9.17, 15) is 19.5 Å². The summed E-state index contributed by atoms with van der Waals surface area (Å²) in [5, 5.41) is 9.18. The zero-order valence-electron chi connectivity index (χ0n) is 13.1. The topological polar surface area (TPSA) is 77.9 Å². The standard InChI is InChI=1S/C17H20N2O4/c1-11(17(22)23)18(12-7-8-12)9-4-10-19-15(20)13-5-2-3-6-14(13)16(19)21/h2-3,5-6,11-12H,4,7-10H2,1H3,(H,22,23). The Balaban J connectivity index is 1.60. The molecular formula is C17H20N2O4. The van der Waals surface area contributed by atoms with E-state index in [-0.39, 0.29) is 11.8 Å². The largest absolute Gasteiger partial charge is 0.480 e. The number of hydrogen-bond donors (Lipinski definition) is 1. The maximum atomic E-state index is 12.3. The predicted molar refractivity (Wildman–Crippen MR) is 83.3 cm³/mol. The first-order chi connectivity index (χ1) is 11.0. The Morgan fingerprint density at radius 1 is 1.26 bits per heavy atom. The number of amides is 2. The Kier molecular flexibility index (Phi) is 4.17. The number of benzene rings is 1. The smallest absolute Gasteiger partial charge is 0.320 e. The van der Waals surface area contributed by atoms with Crippen LogP contribution < -0.4 is 0 Å². The first-order valence-electron chi connectivity index (χ1n) is 7.94. The molecule has 1 N–H and O–H groups in total. The summed E-state index contributed by atoms with van der Waals surface area (Å²) in [6.45, 7) is 2.58. The molecule has 1 aliphatic carbocycles. The van der Waals surface area contributed by atoms with E-state index in [4.69, 9.17) is 0 Å². The lowest BCUT2D eigenvalue weighted by atomic mass is 10.1. The molecule has 2 amide bonds. The summed E-state index contributed by atoms with van der Waals surface area (Å²) in [5.41, 5.74) is 0.908. The Morgan fingerprint density at radius 2 is 1.83 bits per heavy atom. The van der Waals surface area contributed by atoms with Crippen LogP contribution >= 0.6 is 0 Å². The molecular weight excluding hydrogens is 296 g/mol. The summed E-state index contributed by atoms with van der Waals surface area (Å²) in [6, 6.07) is 6.61. The molecule has 0 radical (unpaired) electrons. The molecule has 3 rings (SSSR count). The Labute approximate surface area is 134 Å². The van der Waals surface area contributed by atoms with Gasteiger partial charge >= 0.3 is 5.97 Å². The van der Waals surface area contributed by atoms with Gasteiger partial charge in [-0.05, 0) is 38.3 Å². The summed E-state index contributed by atoms with van der Waals surface area (Å²) in [4.78, 5) is 38.9. The number of imide groups is 1. The van der Waals surface area contributed by atoms with E-state index in [2.05, 4.69) is 0 Å². The maximum absolute atomic E-state index is 12.3.